The first-order chi connectivity index (χ1) is 15.8. The van der Waals surface area contributed by atoms with Gasteiger partial charge in [-0.05, 0) is 54.6 Å². The molecular weight excluding hydrogens is 468 g/mol. The van der Waals surface area contributed by atoms with E-state index in [0.717, 1.165) is 4.31 Å². The monoisotopic (exact) mass is 490 g/mol. The summed E-state index contributed by atoms with van der Waals surface area (Å²) in [6.07, 6.45) is 0. The standard InChI is InChI=1S/C23H23ClN2O6S/c1-30-19-8-10-20(11-9-19)33(28,29)26(18-6-4-5-16(24)13-18)15-23(27)25-17-7-12-21(31-2)22(14-17)32-3/h4-14H,15H2,1-3H3,(H,25,27). The number of nitrogens with zero attached hydrogens (tertiary/aromatic N) is 1. The summed E-state index contributed by atoms with van der Waals surface area (Å²) in [4.78, 5) is 12.9. The van der Waals surface area contributed by atoms with Crippen molar-refractivity contribution in [1.82, 2.24) is 0 Å². The minimum atomic E-state index is -4.09. The van der Waals surface area contributed by atoms with Gasteiger partial charge in [-0.15, -0.1) is 0 Å². The number of anilines is 2. The quantitative estimate of drug-likeness (QED) is 0.483. The third-order valence-electron chi connectivity index (χ3n) is 4.70. The topological polar surface area (TPSA) is 94.2 Å². The molecule has 174 valence electrons. The van der Waals surface area contributed by atoms with Crippen LogP contribution in [0.4, 0.5) is 11.4 Å². The van der Waals surface area contributed by atoms with Crippen molar-refractivity contribution in [1.29, 1.82) is 0 Å². The van der Waals surface area contributed by atoms with Crippen LogP contribution in [0, 0.1) is 0 Å². The second-order valence-electron chi connectivity index (χ2n) is 6.79. The number of sulfonamides is 1. The number of methoxy groups -OCH3 is 3. The van der Waals surface area contributed by atoms with Crippen LogP contribution in [0.15, 0.2) is 71.6 Å². The fraction of sp³-hybridized carbons (Fsp3) is 0.174. The van der Waals surface area contributed by atoms with Crippen molar-refractivity contribution < 1.29 is 27.4 Å². The van der Waals surface area contributed by atoms with Gasteiger partial charge >= 0.3 is 0 Å². The van der Waals surface area contributed by atoms with Crippen molar-refractivity contribution in [3.63, 3.8) is 0 Å². The molecule has 0 aliphatic rings. The highest BCUT2D eigenvalue weighted by atomic mass is 35.5. The van der Waals surface area contributed by atoms with E-state index in [9.17, 15) is 13.2 Å². The van der Waals surface area contributed by atoms with Gasteiger partial charge in [-0.3, -0.25) is 9.10 Å². The Labute approximate surface area is 197 Å². The Hall–Kier alpha value is -3.43. The number of carbonyl (C=O) groups excluding carboxylic acids is 1. The van der Waals surface area contributed by atoms with Crippen LogP contribution >= 0.6 is 11.6 Å². The van der Waals surface area contributed by atoms with Gasteiger partial charge in [-0.2, -0.15) is 0 Å². The van der Waals surface area contributed by atoms with Gasteiger partial charge in [0.2, 0.25) is 5.91 Å². The lowest BCUT2D eigenvalue weighted by molar-refractivity contribution is -0.114. The van der Waals surface area contributed by atoms with Crippen LogP contribution in [-0.2, 0) is 14.8 Å². The molecule has 0 saturated heterocycles. The van der Waals surface area contributed by atoms with Gasteiger partial charge in [-0.25, -0.2) is 8.42 Å². The van der Waals surface area contributed by atoms with Crippen LogP contribution in [0.25, 0.3) is 0 Å². The molecule has 0 spiro atoms. The predicted molar refractivity (Wildman–Crippen MR) is 127 cm³/mol. The van der Waals surface area contributed by atoms with Crippen LogP contribution < -0.4 is 23.8 Å². The number of halogens is 1. The van der Waals surface area contributed by atoms with Crippen molar-refractivity contribution in [2.75, 3.05) is 37.5 Å². The summed E-state index contributed by atoms with van der Waals surface area (Å²) in [5.41, 5.74) is 0.673. The number of ether oxygens (including phenoxy) is 3. The first-order valence-electron chi connectivity index (χ1n) is 9.72. The third kappa shape index (κ3) is 5.68. The maximum Gasteiger partial charge on any atom is 0.264 e. The van der Waals surface area contributed by atoms with E-state index in [0.29, 0.717) is 28.0 Å². The molecule has 0 fully saturated rings. The van der Waals surface area contributed by atoms with Crippen LogP contribution in [0.1, 0.15) is 0 Å². The smallest absolute Gasteiger partial charge is 0.264 e. The molecule has 3 rings (SSSR count). The minimum absolute atomic E-state index is 0.00203. The van der Waals surface area contributed by atoms with E-state index in [1.54, 1.807) is 36.4 Å². The fourth-order valence-electron chi connectivity index (χ4n) is 3.07. The van der Waals surface area contributed by atoms with E-state index in [-0.39, 0.29) is 10.6 Å². The Morgan fingerprint density at radius 2 is 1.61 bits per heavy atom. The Bertz CT molecular complexity index is 1230. The zero-order valence-corrected chi connectivity index (χ0v) is 19.8. The van der Waals surface area contributed by atoms with Crippen LogP contribution in [0.2, 0.25) is 5.02 Å². The number of benzene rings is 3. The minimum Gasteiger partial charge on any atom is -0.497 e. The molecule has 0 radical (unpaired) electrons. The van der Waals surface area contributed by atoms with Crippen LogP contribution in [0.5, 0.6) is 17.2 Å². The molecule has 10 heteroatoms. The summed E-state index contributed by atoms with van der Waals surface area (Å²) in [6.45, 7) is -0.483. The van der Waals surface area contributed by atoms with Gasteiger partial charge in [0.05, 0.1) is 31.9 Å². The van der Waals surface area contributed by atoms with Crippen molar-refractivity contribution in [3.05, 3.63) is 71.8 Å². The second-order valence-corrected chi connectivity index (χ2v) is 9.08. The van der Waals surface area contributed by atoms with Crippen molar-refractivity contribution in [3.8, 4) is 17.2 Å². The highest BCUT2D eigenvalue weighted by Crippen LogP contribution is 2.30. The molecule has 3 aromatic carbocycles. The number of carbonyl (C=O) groups is 1. The molecule has 0 unspecified atom stereocenters. The number of hydrogen-bond acceptors (Lipinski definition) is 6. The molecule has 0 bridgehead atoms. The van der Waals surface area contributed by atoms with E-state index in [2.05, 4.69) is 5.32 Å². The summed E-state index contributed by atoms with van der Waals surface area (Å²) in [5.74, 6) is 0.875. The zero-order chi connectivity index (χ0) is 24.0. The maximum atomic E-state index is 13.4. The number of rotatable bonds is 9. The molecule has 1 N–H and O–H groups in total. The Morgan fingerprint density at radius 3 is 2.21 bits per heavy atom. The van der Waals surface area contributed by atoms with E-state index >= 15 is 0 Å². The van der Waals surface area contributed by atoms with Crippen molar-refractivity contribution in [2.45, 2.75) is 4.90 Å². The summed E-state index contributed by atoms with van der Waals surface area (Å²) in [7, 11) is 0.374. The zero-order valence-electron chi connectivity index (χ0n) is 18.2. The molecule has 0 atom stereocenters. The van der Waals surface area contributed by atoms with E-state index < -0.39 is 22.5 Å². The van der Waals surface area contributed by atoms with E-state index in [1.807, 2.05) is 0 Å². The van der Waals surface area contributed by atoms with Gasteiger partial charge in [0.25, 0.3) is 10.0 Å². The normalized spacial score (nSPS) is 10.9. The highest BCUT2D eigenvalue weighted by molar-refractivity contribution is 7.92. The Morgan fingerprint density at radius 1 is 0.909 bits per heavy atom. The van der Waals surface area contributed by atoms with Crippen molar-refractivity contribution >= 4 is 38.9 Å². The molecule has 3 aromatic rings. The second kappa shape index (κ2) is 10.5. The lowest BCUT2D eigenvalue weighted by Gasteiger charge is -2.24. The predicted octanol–water partition coefficient (Wildman–Crippen LogP) is 4.20. The molecule has 0 saturated carbocycles. The lowest BCUT2D eigenvalue weighted by atomic mass is 10.2. The highest BCUT2D eigenvalue weighted by Gasteiger charge is 2.27. The summed E-state index contributed by atoms with van der Waals surface area (Å²) < 4.78 is 43.4. The molecule has 0 aliphatic heterocycles. The first-order valence-corrected chi connectivity index (χ1v) is 11.5. The average molecular weight is 491 g/mol. The average Bonchev–Trinajstić information content (AvgIpc) is 2.82. The fourth-order valence-corrected chi connectivity index (χ4v) is 4.66. The third-order valence-corrected chi connectivity index (χ3v) is 6.72. The molecule has 0 aromatic heterocycles. The number of amides is 1. The van der Waals surface area contributed by atoms with Gasteiger partial charge in [-0.1, -0.05) is 17.7 Å². The number of nitrogens with one attached hydrogen (secondary N) is 1. The first kappa shape index (κ1) is 24.2. The molecular formula is C23H23ClN2O6S. The summed E-state index contributed by atoms with van der Waals surface area (Å²) in [5, 5.41) is 3.03. The van der Waals surface area contributed by atoms with Gasteiger partial charge in [0, 0.05) is 16.8 Å². The van der Waals surface area contributed by atoms with Gasteiger partial charge < -0.3 is 19.5 Å². The number of hydrogen-bond donors (Lipinski definition) is 1. The summed E-state index contributed by atoms with van der Waals surface area (Å²) in [6, 6.07) is 17.0. The Balaban J connectivity index is 1.92. The molecule has 33 heavy (non-hydrogen) atoms. The van der Waals surface area contributed by atoms with Crippen molar-refractivity contribution in [2.24, 2.45) is 0 Å². The molecule has 0 aliphatic carbocycles. The molecule has 1 amide bonds. The van der Waals surface area contributed by atoms with Crippen LogP contribution in [0.3, 0.4) is 0 Å². The molecule has 8 nitrogen and oxygen atoms in total. The SMILES string of the molecule is COc1ccc(S(=O)(=O)N(CC(=O)Nc2ccc(OC)c(OC)c2)c2cccc(Cl)c2)cc1. The van der Waals surface area contributed by atoms with Crippen LogP contribution in [-0.4, -0.2) is 42.2 Å². The largest absolute Gasteiger partial charge is 0.497 e. The maximum absolute atomic E-state index is 13.4. The Kier molecular flexibility index (Phi) is 7.67. The van der Waals surface area contributed by atoms with E-state index in [1.165, 1.54) is 51.7 Å². The molecule has 0 heterocycles. The summed E-state index contributed by atoms with van der Waals surface area (Å²) >= 11 is 6.09. The van der Waals surface area contributed by atoms with Gasteiger partial charge in [0.1, 0.15) is 12.3 Å². The van der Waals surface area contributed by atoms with Gasteiger partial charge in [0.15, 0.2) is 11.5 Å². The lowest BCUT2D eigenvalue weighted by Crippen LogP contribution is -2.38. The van der Waals surface area contributed by atoms with E-state index in [4.69, 9.17) is 25.8 Å².